The quantitative estimate of drug-likeness (QED) is 0.290. The van der Waals surface area contributed by atoms with Crippen LogP contribution in [0.15, 0.2) is 79.6 Å². The van der Waals surface area contributed by atoms with Gasteiger partial charge >= 0.3 is 0 Å². The minimum atomic E-state index is -0.491. The Morgan fingerprint density at radius 1 is 0.857 bits per heavy atom. The van der Waals surface area contributed by atoms with E-state index in [1.807, 2.05) is 36.4 Å². The summed E-state index contributed by atoms with van der Waals surface area (Å²) in [5.74, 6) is -0.450. The molecule has 1 aliphatic rings. The summed E-state index contributed by atoms with van der Waals surface area (Å²) >= 11 is 0. The number of benzene rings is 3. The Hall–Kier alpha value is -5.12. The lowest BCUT2D eigenvalue weighted by molar-refractivity contribution is 0.0647. The van der Waals surface area contributed by atoms with E-state index in [0.717, 1.165) is 21.4 Å². The van der Waals surface area contributed by atoms with E-state index in [1.54, 1.807) is 41.2 Å². The first-order chi connectivity index (χ1) is 17.1. The topological polar surface area (TPSA) is 118 Å². The first kappa shape index (κ1) is 20.5. The highest BCUT2D eigenvalue weighted by atomic mass is 16.2. The van der Waals surface area contributed by atoms with Crippen LogP contribution in [-0.4, -0.2) is 47.9 Å². The van der Waals surface area contributed by atoms with Crippen molar-refractivity contribution >= 4 is 45.5 Å². The molecule has 10 nitrogen and oxygen atoms in total. The van der Waals surface area contributed by atoms with Crippen LogP contribution in [0.5, 0.6) is 0 Å². The average Bonchev–Trinajstić information content (AvgIpc) is 3.32. The molecule has 10 heteroatoms. The van der Waals surface area contributed by atoms with Crippen LogP contribution in [0.4, 0.5) is 11.9 Å². The maximum atomic E-state index is 13.3. The third-order valence-corrected chi connectivity index (χ3v) is 5.68. The molecule has 35 heavy (non-hydrogen) atoms. The Labute approximate surface area is 198 Å². The van der Waals surface area contributed by atoms with E-state index in [9.17, 15) is 9.59 Å². The number of nitrogens with zero attached hydrogens (tertiary/aromatic N) is 6. The van der Waals surface area contributed by atoms with Gasteiger partial charge in [-0.05, 0) is 29.7 Å². The van der Waals surface area contributed by atoms with E-state index >= 15 is 0 Å². The van der Waals surface area contributed by atoms with Crippen LogP contribution < -0.4 is 10.7 Å². The number of amides is 2. The molecule has 170 valence electrons. The molecule has 3 heterocycles. The van der Waals surface area contributed by atoms with Crippen LogP contribution in [0.3, 0.4) is 0 Å². The summed E-state index contributed by atoms with van der Waals surface area (Å²) in [4.78, 5) is 44.3. The monoisotopic (exact) mass is 462 g/mol. The van der Waals surface area contributed by atoms with Crippen molar-refractivity contribution in [1.29, 1.82) is 0 Å². The van der Waals surface area contributed by atoms with Gasteiger partial charge in [0.1, 0.15) is 6.33 Å². The lowest BCUT2D eigenvalue weighted by Gasteiger charge is -2.27. The zero-order valence-corrected chi connectivity index (χ0v) is 18.3. The fourth-order valence-electron chi connectivity index (χ4n) is 4.12. The predicted octanol–water partition coefficient (Wildman–Crippen LogP) is 3.58. The van der Waals surface area contributed by atoms with Gasteiger partial charge in [0.05, 0.1) is 22.2 Å². The summed E-state index contributed by atoms with van der Waals surface area (Å²) in [5, 5.41) is 5.43. The minimum Gasteiger partial charge on any atom is -0.351 e. The van der Waals surface area contributed by atoms with Crippen molar-refractivity contribution in [2.45, 2.75) is 0 Å². The van der Waals surface area contributed by atoms with E-state index < -0.39 is 11.8 Å². The molecular weight excluding hydrogens is 444 g/mol. The number of aromatic nitrogens is 5. The molecule has 0 saturated heterocycles. The molecule has 0 fully saturated rings. The summed E-state index contributed by atoms with van der Waals surface area (Å²) in [6.07, 6.45) is 3.27. The number of nitrogens with one attached hydrogen (secondary N) is 2. The van der Waals surface area contributed by atoms with Gasteiger partial charge in [0.15, 0.2) is 0 Å². The second-order valence-corrected chi connectivity index (χ2v) is 7.82. The maximum Gasteiger partial charge on any atom is 0.280 e. The SMILES string of the molecule is C=CCNc1nc(NN2C(=O)c3cccc4cccc(c34)C2=O)nc(-n2cnc3ccccc32)n1. The molecule has 0 radical (unpaired) electrons. The molecule has 5 aromatic rings. The van der Waals surface area contributed by atoms with E-state index in [1.165, 1.54) is 0 Å². The number of para-hydroxylation sites is 2. The average molecular weight is 462 g/mol. The Kier molecular flexibility index (Phi) is 4.70. The van der Waals surface area contributed by atoms with Crippen LogP contribution in [0.2, 0.25) is 0 Å². The first-order valence-electron chi connectivity index (χ1n) is 10.8. The van der Waals surface area contributed by atoms with Gasteiger partial charge in [0.25, 0.3) is 11.8 Å². The van der Waals surface area contributed by atoms with Crippen molar-refractivity contribution in [3.8, 4) is 5.95 Å². The van der Waals surface area contributed by atoms with Crippen molar-refractivity contribution in [3.63, 3.8) is 0 Å². The lowest BCUT2D eigenvalue weighted by atomic mass is 9.95. The molecular formula is C25H18N8O2. The van der Waals surface area contributed by atoms with Crippen LogP contribution in [0.1, 0.15) is 20.7 Å². The largest absolute Gasteiger partial charge is 0.351 e. The molecule has 0 atom stereocenters. The third kappa shape index (κ3) is 3.35. The molecule has 0 saturated carbocycles. The number of imidazole rings is 1. The second kappa shape index (κ2) is 8.03. The number of hydrogen-bond acceptors (Lipinski definition) is 8. The van der Waals surface area contributed by atoms with Crippen LogP contribution in [0.25, 0.3) is 27.8 Å². The first-order valence-corrected chi connectivity index (χ1v) is 10.8. The van der Waals surface area contributed by atoms with Gasteiger partial charge < -0.3 is 5.32 Å². The number of hydrazine groups is 1. The number of anilines is 2. The lowest BCUT2D eigenvalue weighted by Crippen LogP contribution is -2.44. The Morgan fingerprint density at radius 2 is 1.57 bits per heavy atom. The number of carbonyl (C=O) groups is 2. The molecule has 0 bridgehead atoms. The summed E-state index contributed by atoms with van der Waals surface area (Å²) < 4.78 is 1.71. The second-order valence-electron chi connectivity index (χ2n) is 7.82. The number of hydrogen-bond donors (Lipinski definition) is 2. The summed E-state index contributed by atoms with van der Waals surface area (Å²) in [6.45, 7) is 4.11. The Morgan fingerprint density at radius 3 is 2.31 bits per heavy atom. The van der Waals surface area contributed by atoms with Gasteiger partial charge in [-0.15, -0.1) is 6.58 Å². The van der Waals surface area contributed by atoms with Crippen molar-refractivity contribution in [1.82, 2.24) is 29.5 Å². The van der Waals surface area contributed by atoms with Crippen LogP contribution in [0, 0.1) is 0 Å². The summed E-state index contributed by atoms with van der Waals surface area (Å²) in [5.41, 5.74) is 5.22. The van der Waals surface area contributed by atoms with Gasteiger partial charge in [-0.1, -0.05) is 42.5 Å². The zero-order chi connectivity index (χ0) is 23.9. The van der Waals surface area contributed by atoms with Gasteiger partial charge in [0, 0.05) is 11.9 Å². The number of fused-ring (bicyclic) bond motifs is 1. The van der Waals surface area contributed by atoms with Gasteiger partial charge in [-0.25, -0.2) is 4.98 Å². The number of rotatable bonds is 6. The normalized spacial score (nSPS) is 12.9. The molecule has 3 aromatic carbocycles. The van der Waals surface area contributed by atoms with Crippen molar-refractivity contribution in [3.05, 3.63) is 90.8 Å². The van der Waals surface area contributed by atoms with E-state index in [-0.39, 0.29) is 17.8 Å². The molecule has 0 spiro atoms. The van der Waals surface area contributed by atoms with Gasteiger partial charge in [-0.2, -0.15) is 20.0 Å². The van der Waals surface area contributed by atoms with Crippen molar-refractivity contribution in [2.24, 2.45) is 0 Å². The van der Waals surface area contributed by atoms with Gasteiger partial charge in [-0.3, -0.25) is 19.6 Å². The molecule has 0 aliphatic carbocycles. The van der Waals surface area contributed by atoms with Crippen molar-refractivity contribution < 1.29 is 9.59 Å². The van der Waals surface area contributed by atoms with Crippen LogP contribution >= 0.6 is 0 Å². The number of carbonyl (C=O) groups excluding carboxylic acids is 2. The fourth-order valence-corrected chi connectivity index (χ4v) is 4.12. The highest BCUT2D eigenvalue weighted by Crippen LogP contribution is 2.30. The van der Waals surface area contributed by atoms with E-state index in [0.29, 0.717) is 23.1 Å². The third-order valence-electron chi connectivity index (χ3n) is 5.68. The molecule has 2 amide bonds. The molecule has 2 N–H and O–H groups in total. The number of imide groups is 1. The molecule has 6 rings (SSSR count). The highest BCUT2D eigenvalue weighted by molar-refractivity contribution is 6.25. The molecule has 0 unspecified atom stereocenters. The predicted molar refractivity (Wildman–Crippen MR) is 131 cm³/mol. The van der Waals surface area contributed by atoms with Gasteiger partial charge in [0.2, 0.25) is 17.8 Å². The Balaban J connectivity index is 1.43. The fraction of sp³-hybridized carbons (Fsp3) is 0.0400. The molecule has 2 aromatic heterocycles. The Bertz CT molecular complexity index is 1610. The summed E-state index contributed by atoms with van der Waals surface area (Å²) in [7, 11) is 0. The van der Waals surface area contributed by atoms with Crippen LogP contribution in [-0.2, 0) is 0 Å². The van der Waals surface area contributed by atoms with Crippen molar-refractivity contribution in [2.75, 3.05) is 17.3 Å². The molecule has 1 aliphatic heterocycles. The minimum absolute atomic E-state index is 0.0209. The van der Waals surface area contributed by atoms with E-state index in [2.05, 4.69) is 37.3 Å². The zero-order valence-electron chi connectivity index (χ0n) is 18.3. The summed E-state index contributed by atoms with van der Waals surface area (Å²) in [6, 6.07) is 18.3. The highest BCUT2D eigenvalue weighted by Gasteiger charge is 2.33. The smallest absolute Gasteiger partial charge is 0.280 e. The standard InChI is InChI=1S/C25H18N8O2/c1-2-13-26-23-28-24(30-25(29-23)32-14-27-18-11-3-4-12-19(18)32)31-33-21(34)16-9-5-7-15-8-6-10-17(20(15)16)22(33)35/h2-12,14H,1,13H2,(H2,26,28,29,30,31). The van der Waals surface area contributed by atoms with E-state index in [4.69, 9.17) is 0 Å². The maximum absolute atomic E-state index is 13.3.